The molecule has 7 heteroatoms. The lowest BCUT2D eigenvalue weighted by Gasteiger charge is -2.05. The fraction of sp³-hybridized carbons (Fsp3) is 0.250. The zero-order valence-corrected chi connectivity index (χ0v) is 8.91. The van der Waals surface area contributed by atoms with E-state index >= 15 is 0 Å². The number of sulfonamides is 1. The van der Waals surface area contributed by atoms with E-state index in [4.69, 9.17) is 0 Å². The summed E-state index contributed by atoms with van der Waals surface area (Å²) in [6.07, 6.45) is 2.86. The quantitative estimate of drug-likeness (QED) is 0.692. The standard InChI is InChI=1S/C8H11N3O3S/c1-2-15(13,14)11-10-8(12)7-4-3-5-9-6-7/h3-6,11H,2H2,1H3,(H,10,12). The Morgan fingerprint density at radius 2 is 2.27 bits per heavy atom. The molecular formula is C8H11N3O3S. The van der Waals surface area contributed by atoms with Crippen LogP contribution in [0.4, 0.5) is 0 Å². The molecule has 2 N–H and O–H groups in total. The van der Waals surface area contributed by atoms with Gasteiger partial charge >= 0.3 is 0 Å². The van der Waals surface area contributed by atoms with Crippen LogP contribution in [-0.4, -0.2) is 25.1 Å². The monoisotopic (exact) mass is 229 g/mol. The Morgan fingerprint density at radius 3 is 2.80 bits per heavy atom. The van der Waals surface area contributed by atoms with E-state index in [1.165, 1.54) is 25.4 Å². The van der Waals surface area contributed by atoms with Gasteiger partial charge in [0.05, 0.1) is 11.3 Å². The summed E-state index contributed by atoms with van der Waals surface area (Å²) in [6.45, 7) is 1.47. The van der Waals surface area contributed by atoms with Crippen LogP contribution in [0.3, 0.4) is 0 Å². The second-order valence-corrected chi connectivity index (χ2v) is 4.71. The average molecular weight is 229 g/mol. The fourth-order valence-electron chi connectivity index (χ4n) is 0.766. The van der Waals surface area contributed by atoms with Gasteiger partial charge in [-0.1, -0.05) is 0 Å². The molecular weight excluding hydrogens is 218 g/mol. The predicted octanol–water partition coefficient (Wildman–Crippen LogP) is -0.334. The number of carbonyl (C=O) groups is 1. The van der Waals surface area contributed by atoms with Crippen LogP contribution in [0.5, 0.6) is 0 Å². The molecule has 0 fully saturated rings. The van der Waals surface area contributed by atoms with E-state index in [9.17, 15) is 13.2 Å². The van der Waals surface area contributed by atoms with Gasteiger partial charge in [0.15, 0.2) is 0 Å². The lowest BCUT2D eigenvalue weighted by molar-refractivity contribution is 0.0945. The highest BCUT2D eigenvalue weighted by Crippen LogP contribution is 1.94. The largest absolute Gasteiger partial charge is 0.274 e. The normalized spacial score (nSPS) is 11.0. The number of nitrogens with one attached hydrogen (secondary N) is 2. The van der Waals surface area contributed by atoms with E-state index in [0.29, 0.717) is 0 Å². The van der Waals surface area contributed by atoms with E-state index in [2.05, 4.69) is 10.4 Å². The summed E-state index contributed by atoms with van der Waals surface area (Å²) < 4.78 is 22.0. The molecule has 0 spiro atoms. The number of nitrogens with zero attached hydrogens (tertiary/aromatic N) is 1. The topological polar surface area (TPSA) is 88.2 Å². The molecule has 0 aliphatic rings. The molecule has 0 bridgehead atoms. The molecule has 0 aliphatic heterocycles. The average Bonchev–Trinajstić information content (AvgIpc) is 2.27. The van der Waals surface area contributed by atoms with Gasteiger partial charge in [0.1, 0.15) is 0 Å². The summed E-state index contributed by atoms with van der Waals surface area (Å²) in [7, 11) is -3.42. The Morgan fingerprint density at radius 1 is 1.53 bits per heavy atom. The Bertz CT molecular complexity index is 430. The molecule has 0 radical (unpaired) electrons. The first-order valence-corrected chi connectivity index (χ1v) is 5.90. The van der Waals surface area contributed by atoms with Gasteiger partial charge in [-0.3, -0.25) is 15.2 Å². The number of carbonyl (C=O) groups excluding carboxylic acids is 1. The third-order valence-corrected chi connectivity index (χ3v) is 2.80. The molecule has 1 rings (SSSR count). The van der Waals surface area contributed by atoms with Crippen molar-refractivity contribution in [3.05, 3.63) is 30.1 Å². The van der Waals surface area contributed by atoms with Gasteiger partial charge in [-0.2, -0.15) is 0 Å². The number of hydrazine groups is 1. The van der Waals surface area contributed by atoms with Crippen molar-refractivity contribution in [2.75, 3.05) is 5.75 Å². The van der Waals surface area contributed by atoms with Gasteiger partial charge in [-0.05, 0) is 19.1 Å². The van der Waals surface area contributed by atoms with Crippen LogP contribution in [-0.2, 0) is 10.0 Å². The van der Waals surface area contributed by atoms with Gasteiger partial charge in [0, 0.05) is 12.4 Å². The molecule has 0 aromatic carbocycles. The van der Waals surface area contributed by atoms with Crippen molar-refractivity contribution >= 4 is 15.9 Å². The number of aromatic nitrogens is 1. The Kier molecular flexibility index (Phi) is 3.75. The molecule has 0 aliphatic carbocycles. The number of hydrogen-bond donors (Lipinski definition) is 2. The Balaban J connectivity index is 2.59. The molecule has 0 unspecified atom stereocenters. The summed E-state index contributed by atoms with van der Waals surface area (Å²) in [5.41, 5.74) is 2.36. The fourth-order valence-corrected chi connectivity index (χ4v) is 1.16. The van der Waals surface area contributed by atoms with Crippen molar-refractivity contribution in [2.24, 2.45) is 0 Å². The van der Waals surface area contributed by atoms with Crippen molar-refractivity contribution in [2.45, 2.75) is 6.92 Å². The van der Waals surface area contributed by atoms with Gasteiger partial charge in [-0.25, -0.2) is 8.42 Å². The zero-order valence-electron chi connectivity index (χ0n) is 8.10. The van der Waals surface area contributed by atoms with E-state index in [1.54, 1.807) is 6.07 Å². The first-order valence-electron chi connectivity index (χ1n) is 4.25. The maximum atomic E-state index is 11.3. The van der Waals surface area contributed by atoms with E-state index in [1.807, 2.05) is 4.83 Å². The molecule has 0 saturated carbocycles. The highest BCUT2D eigenvalue weighted by molar-refractivity contribution is 7.89. The third-order valence-electron chi connectivity index (χ3n) is 1.62. The van der Waals surface area contributed by atoms with Gasteiger partial charge in [0.25, 0.3) is 5.91 Å². The summed E-state index contributed by atoms with van der Waals surface area (Å²) in [4.78, 5) is 17.0. The second kappa shape index (κ2) is 4.85. The van der Waals surface area contributed by atoms with Crippen molar-refractivity contribution in [3.63, 3.8) is 0 Å². The zero-order chi connectivity index (χ0) is 11.3. The number of pyridine rings is 1. The summed E-state index contributed by atoms with van der Waals surface area (Å²) in [6, 6.07) is 3.12. The van der Waals surface area contributed by atoms with Crippen LogP contribution in [0.15, 0.2) is 24.5 Å². The predicted molar refractivity (Wildman–Crippen MR) is 54.3 cm³/mol. The first-order chi connectivity index (χ1) is 7.05. The van der Waals surface area contributed by atoms with Crippen molar-refractivity contribution < 1.29 is 13.2 Å². The summed E-state index contributed by atoms with van der Waals surface area (Å²) in [5, 5.41) is 0. The molecule has 1 aromatic rings. The second-order valence-electron chi connectivity index (χ2n) is 2.70. The highest BCUT2D eigenvalue weighted by atomic mass is 32.2. The maximum absolute atomic E-state index is 11.3. The third kappa shape index (κ3) is 3.64. The van der Waals surface area contributed by atoms with Crippen molar-refractivity contribution in [1.82, 2.24) is 15.2 Å². The van der Waals surface area contributed by atoms with E-state index in [0.717, 1.165) is 0 Å². The van der Waals surface area contributed by atoms with Crippen molar-refractivity contribution in [1.29, 1.82) is 0 Å². The lowest BCUT2D eigenvalue weighted by atomic mass is 10.3. The summed E-state index contributed by atoms with van der Waals surface area (Å²) in [5.74, 6) is -0.638. The first kappa shape index (κ1) is 11.6. The van der Waals surface area contributed by atoms with E-state index in [-0.39, 0.29) is 11.3 Å². The molecule has 82 valence electrons. The molecule has 0 saturated heterocycles. The van der Waals surface area contributed by atoms with E-state index < -0.39 is 15.9 Å². The molecule has 1 amide bonds. The smallest absolute Gasteiger partial charge is 0.267 e. The highest BCUT2D eigenvalue weighted by Gasteiger charge is 2.09. The van der Waals surface area contributed by atoms with Crippen LogP contribution >= 0.6 is 0 Å². The van der Waals surface area contributed by atoms with Crippen LogP contribution in [0.25, 0.3) is 0 Å². The number of hydrogen-bond acceptors (Lipinski definition) is 4. The van der Waals surface area contributed by atoms with Crippen LogP contribution in [0, 0.1) is 0 Å². The maximum Gasteiger partial charge on any atom is 0.267 e. The molecule has 1 aromatic heterocycles. The minimum Gasteiger partial charge on any atom is -0.274 e. The minimum atomic E-state index is -3.42. The number of rotatable bonds is 4. The van der Waals surface area contributed by atoms with Gasteiger partial charge < -0.3 is 0 Å². The van der Waals surface area contributed by atoms with Crippen LogP contribution in [0.1, 0.15) is 17.3 Å². The molecule has 6 nitrogen and oxygen atoms in total. The van der Waals surface area contributed by atoms with Crippen LogP contribution < -0.4 is 10.3 Å². The number of amides is 1. The Hall–Kier alpha value is -1.47. The van der Waals surface area contributed by atoms with Gasteiger partial charge in [0.2, 0.25) is 10.0 Å². The summed E-state index contributed by atoms with van der Waals surface area (Å²) >= 11 is 0. The lowest BCUT2D eigenvalue weighted by Crippen LogP contribution is -2.42. The molecule has 15 heavy (non-hydrogen) atoms. The SMILES string of the molecule is CCS(=O)(=O)NNC(=O)c1cccnc1. The molecule has 1 heterocycles. The van der Waals surface area contributed by atoms with Gasteiger partial charge in [-0.15, -0.1) is 4.83 Å². The Labute approximate surface area is 87.7 Å². The van der Waals surface area contributed by atoms with Crippen molar-refractivity contribution in [3.8, 4) is 0 Å². The molecule has 0 atom stereocenters. The van der Waals surface area contributed by atoms with Crippen LogP contribution in [0.2, 0.25) is 0 Å². The minimum absolute atomic E-state index is 0.0969.